The van der Waals surface area contributed by atoms with Gasteiger partial charge in [0.1, 0.15) is 0 Å². The minimum atomic E-state index is 0.533. The van der Waals surface area contributed by atoms with Crippen LogP contribution in [0.1, 0.15) is 50.6 Å². The Hall–Kier alpha value is -0.610. The highest BCUT2D eigenvalue weighted by atomic mass is 32.1. The van der Waals surface area contributed by atoms with E-state index >= 15 is 0 Å². The Morgan fingerprint density at radius 2 is 2.05 bits per heavy atom. The fraction of sp³-hybridized carbons (Fsp3) is 0.800. The average Bonchev–Trinajstić information content (AvgIpc) is 2.78. The summed E-state index contributed by atoms with van der Waals surface area (Å²) in [5.74, 6) is 0.930. The summed E-state index contributed by atoms with van der Waals surface area (Å²) in [5.41, 5.74) is 1.20. The highest BCUT2D eigenvalue weighted by Gasteiger charge is 2.21. The first-order chi connectivity index (χ1) is 9.10. The van der Waals surface area contributed by atoms with Gasteiger partial charge in [-0.2, -0.15) is 0 Å². The van der Waals surface area contributed by atoms with Crippen LogP contribution in [0.2, 0.25) is 0 Å². The smallest absolute Gasteiger partial charge is 0.185 e. The summed E-state index contributed by atoms with van der Waals surface area (Å²) in [6.07, 6.45) is 3.98. The number of thiazole rings is 1. The Morgan fingerprint density at radius 3 is 2.63 bits per heavy atom. The molecule has 0 radical (unpaired) electrons. The minimum absolute atomic E-state index is 0.533. The lowest BCUT2D eigenvalue weighted by atomic mass is 9.95. The molecule has 4 heteroatoms. The fourth-order valence-electron chi connectivity index (χ4n) is 2.54. The zero-order chi connectivity index (χ0) is 13.8. The Bertz CT molecular complexity index is 392. The maximum Gasteiger partial charge on any atom is 0.185 e. The van der Waals surface area contributed by atoms with Crippen LogP contribution in [0.3, 0.4) is 0 Å². The number of nitrogens with one attached hydrogen (secondary N) is 1. The number of piperidine rings is 1. The average molecular weight is 281 g/mol. The molecule has 0 aromatic carbocycles. The molecule has 0 aliphatic carbocycles. The summed E-state index contributed by atoms with van der Waals surface area (Å²) < 4.78 is 0. The highest BCUT2D eigenvalue weighted by Crippen LogP contribution is 2.30. The molecule has 19 heavy (non-hydrogen) atoms. The van der Waals surface area contributed by atoms with Crippen LogP contribution in [0, 0.1) is 12.8 Å². The van der Waals surface area contributed by atoms with E-state index in [1.807, 2.05) is 11.3 Å². The van der Waals surface area contributed by atoms with Crippen LogP contribution in [0.15, 0.2) is 0 Å². The monoisotopic (exact) mass is 281 g/mol. The molecule has 1 aromatic rings. The van der Waals surface area contributed by atoms with Crippen molar-refractivity contribution in [3.8, 4) is 0 Å². The van der Waals surface area contributed by atoms with Gasteiger partial charge in [0, 0.05) is 30.6 Å². The molecule has 1 aromatic heterocycles. The Morgan fingerprint density at radius 1 is 1.37 bits per heavy atom. The van der Waals surface area contributed by atoms with E-state index in [0.29, 0.717) is 6.04 Å². The van der Waals surface area contributed by atoms with E-state index in [9.17, 15) is 0 Å². The maximum absolute atomic E-state index is 4.77. The lowest BCUT2D eigenvalue weighted by molar-refractivity contribution is 0.395. The molecule has 0 bridgehead atoms. The predicted octanol–water partition coefficient (Wildman–Crippen LogP) is 3.58. The van der Waals surface area contributed by atoms with Crippen molar-refractivity contribution >= 4 is 16.5 Å². The number of aromatic nitrogens is 1. The van der Waals surface area contributed by atoms with Crippen molar-refractivity contribution < 1.29 is 0 Å². The van der Waals surface area contributed by atoms with Gasteiger partial charge in [-0.05, 0) is 25.7 Å². The van der Waals surface area contributed by atoms with Crippen molar-refractivity contribution in [2.75, 3.05) is 18.0 Å². The second-order valence-corrected chi connectivity index (χ2v) is 6.94. The van der Waals surface area contributed by atoms with Crippen LogP contribution >= 0.6 is 11.3 Å². The number of rotatable bonds is 5. The minimum Gasteiger partial charge on any atom is -0.348 e. The molecule has 1 fully saturated rings. The normalized spacial score (nSPS) is 17.4. The summed E-state index contributed by atoms with van der Waals surface area (Å²) in [6.45, 7) is 12.1. The number of hydrogen-bond acceptors (Lipinski definition) is 4. The highest BCUT2D eigenvalue weighted by molar-refractivity contribution is 7.15. The van der Waals surface area contributed by atoms with Gasteiger partial charge in [0.15, 0.2) is 5.13 Å². The molecular weight excluding hydrogens is 254 g/mol. The van der Waals surface area contributed by atoms with E-state index in [-0.39, 0.29) is 0 Å². The van der Waals surface area contributed by atoms with Crippen LogP contribution < -0.4 is 10.2 Å². The van der Waals surface area contributed by atoms with Crippen LogP contribution in [0.25, 0.3) is 0 Å². The van der Waals surface area contributed by atoms with Gasteiger partial charge in [0.25, 0.3) is 0 Å². The van der Waals surface area contributed by atoms with E-state index in [1.54, 1.807) is 0 Å². The topological polar surface area (TPSA) is 28.2 Å². The van der Waals surface area contributed by atoms with Gasteiger partial charge in [-0.1, -0.05) is 27.2 Å². The van der Waals surface area contributed by atoms with Gasteiger partial charge >= 0.3 is 0 Å². The molecule has 1 aliphatic heterocycles. The third-order valence-corrected chi connectivity index (χ3v) is 5.23. The first-order valence-corrected chi connectivity index (χ1v) is 8.36. The Balaban J connectivity index is 1.96. The largest absolute Gasteiger partial charge is 0.348 e. The summed E-state index contributed by atoms with van der Waals surface area (Å²) in [4.78, 5) is 8.63. The van der Waals surface area contributed by atoms with E-state index in [0.717, 1.165) is 12.5 Å². The van der Waals surface area contributed by atoms with Crippen molar-refractivity contribution in [1.29, 1.82) is 0 Å². The molecule has 0 unspecified atom stereocenters. The van der Waals surface area contributed by atoms with Crippen LogP contribution in [-0.2, 0) is 6.54 Å². The standard InChI is InChI=1S/C15H27N3S/c1-5-13-6-8-18(9-7-13)15-17-12(4)14(19-15)10-16-11(2)3/h11,13,16H,5-10H2,1-4H3. The van der Waals surface area contributed by atoms with Gasteiger partial charge in [0.05, 0.1) is 5.69 Å². The second-order valence-electron chi connectivity index (χ2n) is 5.88. The molecule has 1 aliphatic rings. The van der Waals surface area contributed by atoms with E-state index in [1.165, 1.54) is 48.1 Å². The van der Waals surface area contributed by atoms with E-state index in [2.05, 4.69) is 37.9 Å². The molecule has 0 atom stereocenters. The third kappa shape index (κ3) is 3.93. The number of aryl methyl sites for hydroxylation is 1. The molecule has 0 spiro atoms. The van der Waals surface area contributed by atoms with Crippen molar-refractivity contribution in [3.63, 3.8) is 0 Å². The molecule has 1 saturated heterocycles. The lowest BCUT2D eigenvalue weighted by Gasteiger charge is -2.31. The van der Waals surface area contributed by atoms with Gasteiger partial charge in [-0.25, -0.2) is 4.98 Å². The third-order valence-electron chi connectivity index (χ3n) is 4.01. The van der Waals surface area contributed by atoms with Crippen LogP contribution in [0.5, 0.6) is 0 Å². The summed E-state index contributed by atoms with van der Waals surface area (Å²) in [5, 5.41) is 4.72. The van der Waals surface area contributed by atoms with Crippen LogP contribution in [-0.4, -0.2) is 24.1 Å². The van der Waals surface area contributed by atoms with Crippen LogP contribution in [0.4, 0.5) is 5.13 Å². The first-order valence-electron chi connectivity index (χ1n) is 7.54. The molecule has 3 nitrogen and oxygen atoms in total. The number of nitrogens with zero attached hydrogens (tertiary/aromatic N) is 2. The lowest BCUT2D eigenvalue weighted by Crippen LogP contribution is -2.33. The molecule has 2 heterocycles. The number of hydrogen-bond donors (Lipinski definition) is 1. The molecule has 1 N–H and O–H groups in total. The summed E-state index contributed by atoms with van der Waals surface area (Å²) >= 11 is 1.87. The number of anilines is 1. The maximum atomic E-state index is 4.77. The van der Waals surface area contributed by atoms with Gasteiger partial charge in [-0.15, -0.1) is 11.3 Å². The summed E-state index contributed by atoms with van der Waals surface area (Å²) in [7, 11) is 0. The first kappa shape index (κ1) is 14.8. The van der Waals surface area contributed by atoms with Crippen molar-refractivity contribution in [3.05, 3.63) is 10.6 Å². The summed E-state index contributed by atoms with van der Waals surface area (Å²) in [6, 6.07) is 0.533. The molecule has 0 amide bonds. The zero-order valence-corrected chi connectivity index (χ0v) is 13.5. The Kier molecular flexibility index (Phi) is 5.22. The SMILES string of the molecule is CCC1CCN(c2nc(C)c(CNC(C)C)s2)CC1. The van der Waals surface area contributed by atoms with Gasteiger partial charge in [-0.3, -0.25) is 0 Å². The molecule has 2 rings (SSSR count). The molecular formula is C15H27N3S. The van der Waals surface area contributed by atoms with Crippen molar-refractivity contribution in [1.82, 2.24) is 10.3 Å². The predicted molar refractivity (Wildman–Crippen MR) is 84.1 cm³/mol. The van der Waals surface area contributed by atoms with Gasteiger partial charge < -0.3 is 10.2 Å². The fourth-order valence-corrected chi connectivity index (χ4v) is 3.60. The van der Waals surface area contributed by atoms with E-state index in [4.69, 9.17) is 4.98 Å². The quantitative estimate of drug-likeness (QED) is 0.894. The Labute approximate surface area is 121 Å². The second kappa shape index (κ2) is 6.71. The van der Waals surface area contributed by atoms with Gasteiger partial charge in [0.2, 0.25) is 0 Å². The molecule has 108 valence electrons. The van der Waals surface area contributed by atoms with E-state index < -0.39 is 0 Å². The zero-order valence-electron chi connectivity index (χ0n) is 12.7. The van der Waals surface area contributed by atoms with Crippen molar-refractivity contribution in [2.45, 2.75) is 59.5 Å². The molecule has 0 saturated carbocycles. The van der Waals surface area contributed by atoms with Crippen molar-refractivity contribution in [2.24, 2.45) is 5.92 Å².